The average Bonchev–Trinajstić information content (AvgIpc) is 2.47. The fourth-order valence-corrected chi connectivity index (χ4v) is 2.44. The molecule has 0 spiro atoms. The van der Waals surface area contributed by atoms with Gasteiger partial charge in [-0.15, -0.1) is 0 Å². The zero-order chi connectivity index (χ0) is 15.2. The SMILES string of the molecule is CNCC(Cc1ccc(OC)c(F)c1)c1cccc(F)c1. The Bertz CT molecular complexity index is 601. The first-order valence-corrected chi connectivity index (χ1v) is 6.86. The fourth-order valence-electron chi connectivity index (χ4n) is 2.44. The number of likely N-dealkylation sites (N-methyl/N-ethyl adjacent to an activating group) is 1. The highest BCUT2D eigenvalue weighted by Crippen LogP contribution is 2.24. The number of rotatable bonds is 6. The lowest BCUT2D eigenvalue weighted by Gasteiger charge is -2.17. The summed E-state index contributed by atoms with van der Waals surface area (Å²) >= 11 is 0. The largest absolute Gasteiger partial charge is 0.494 e. The van der Waals surface area contributed by atoms with Gasteiger partial charge in [-0.05, 0) is 48.9 Å². The van der Waals surface area contributed by atoms with Crippen LogP contribution in [0, 0.1) is 11.6 Å². The summed E-state index contributed by atoms with van der Waals surface area (Å²) in [5.41, 5.74) is 1.76. The van der Waals surface area contributed by atoms with Gasteiger partial charge in [-0.2, -0.15) is 0 Å². The van der Waals surface area contributed by atoms with Crippen LogP contribution in [0.15, 0.2) is 42.5 Å². The van der Waals surface area contributed by atoms with Crippen molar-refractivity contribution < 1.29 is 13.5 Å². The molecular formula is C17H19F2NO. The number of halogens is 2. The molecule has 0 saturated heterocycles. The monoisotopic (exact) mass is 291 g/mol. The van der Waals surface area contributed by atoms with Crippen molar-refractivity contribution in [3.63, 3.8) is 0 Å². The van der Waals surface area contributed by atoms with Crippen LogP contribution in [0.4, 0.5) is 8.78 Å². The lowest BCUT2D eigenvalue weighted by molar-refractivity contribution is 0.386. The Kier molecular flexibility index (Phi) is 5.28. The summed E-state index contributed by atoms with van der Waals surface area (Å²) in [5, 5.41) is 3.10. The highest BCUT2D eigenvalue weighted by molar-refractivity contribution is 5.31. The first kappa shape index (κ1) is 15.4. The molecule has 0 amide bonds. The van der Waals surface area contributed by atoms with Crippen LogP contribution in [0.3, 0.4) is 0 Å². The Balaban J connectivity index is 2.22. The van der Waals surface area contributed by atoms with Crippen molar-refractivity contribution >= 4 is 0 Å². The van der Waals surface area contributed by atoms with Crippen molar-refractivity contribution in [1.82, 2.24) is 5.32 Å². The van der Waals surface area contributed by atoms with E-state index in [1.807, 2.05) is 19.2 Å². The van der Waals surface area contributed by atoms with Crippen molar-refractivity contribution in [2.45, 2.75) is 12.3 Å². The molecule has 0 radical (unpaired) electrons. The predicted molar refractivity (Wildman–Crippen MR) is 79.7 cm³/mol. The molecule has 112 valence electrons. The van der Waals surface area contributed by atoms with E-state index >= 15 is 0 Å². The molecule has 0 aliphatic heterocycles. The quantitative estimate of drug-likeness (QED) is 0.879. The number of ether oxygens (including phenoxy) is 1. The molecule has 2 nitrogen and oxygen atoms in total. The van der Waals surface area contributed by atoms with E-state index in [0.717, 1.165) is 11.1 Å². The van der Waals surface area contributed by atoms with Crippen molar-refractivity contribution in [3.8, 4) is 5.75 Å². The molecular weight excluding hydrogens is 272 g/mol. The lowest BCUT2D eigenvalue weighted by Crippen LogP contribution is -2.19. The van der Waals surface area contributed by atoms with Gasteiger partial charge in [0.1, 0.15) is 5.82 Å². The molecule has 21 heavy (non-hydrogen) atoms. The first-order valence-electron chi connectivity index (χ1n) is 6.86. The standard InChI is InChI=1S/C17H19F2NO/c1-20-11-14(13-4-3-5-15(18)10-13)8-12-6-7-17(21-2)16(19)9-12/h3-7,9-10,14,20H,8,11H2,1-2H3. The van der Waals surface area contributed by atoms with E-state index in [1.54, 1.807) is 12.1 Å². The smallest absolute Gasteiger partial charge is 0.165 e. The fraction of sp³-hybridized carbons (Fsp3) is 0.294. The van der Waals surface area contributed by atoms with Crippen LogP contribution in [-0.2, 0) is 6.42 Å². The molecule has 0 saturated carbocycles. The molecule has 2 rings (SSSR count). The number of nitrogens with one attached hydrogen (secondary N) is 1. The van der Waals surface area contributed by atoms with Crippen LogP contribution >= 0.6 is 0 Å². The number of methoxy groups -OCH3 is 1. The molecule has 2 aromatic carbocycles. The minimum Gasteiger partial charge on any atom is -0.494 e. The van der Waals surface area contributed by atoms with Crippen LogP contribution < -0.4 is 10.1 Å². The van der Waals surface area contributed by atoms with E-state index in [0.29, 0.717) is 13.0 Å². The van der Waals surface area contributed by atoms with Gasteiger partial charge in [-0.3, -0.25) is 0 Å². The Morgan fingerprint density at radius 3 is 2.57 bits per heavy atom. The maximum absolute atomic E-state index is 13.8. The molecule has 0 bridgehead atoms. The van der Waals surface area contributed by atoms with Gasteiger partial charge in [0.25, 0.3) is 0 Å². The van der Waals surface area contributed by atoms with E-state index in [9.17, 15) is 8.78 Å². The van der Waals surface area contributed by atoms with Crippen LogP contribution in [0.25, 0.3) is 0 Å². The summed E-state index contributed by atoms with van der Waals surface area (Å²) in [4.78, 5) is 0. The second-order valence-electron chi connectivity index (χ2n) is 4.98. The zero-order valence-electron chi connectivity index (χ0n) is 12.2. The molecule has 0 aromatic heterocycles. The number of benzene rings is 2. The second kappa shape index (κ2) is 7.18. The normalized spacial score (nSPS) is 12.2. The van der Waals surface area contributed by atoms with E-state index in [1.165, 1.54) is 25.3 Å². The van der Waals surface area contributed by atoms with Crippen molar-refractivity contribution in [1.29, 1.82) is 0 Å². The Morgan fingerprint density at radius 2 is 1.95 bits per heavy atom. The molecule has 1 atom stereocenters. The van der Waals surface area contributed by atoms with Gasteiger partial charge in [-0.1, -0.05) is 18.2 Å². The highest BCUT2D eigenvalue weighted by atomic mass is 19.1. The Labute approximate surface area is 123 Å². The summed E-state index contributed by atoms with van der Waals surface area (Å²) in [7, 11) is 3.29. The second-order valence-corrected chi connectivity index (χ2v) is 4.98. The van der Waals surface area contributed by atoms with Crippen LogP contribution in [0.2, 0.25) is 0 Å². The van der Waals surface area contributed by atoms with Gasteiger partial charge >= 0.3 is 0 Å². The van der Waals surface area contributed by atoms with Crippen LogP contribution in [0.5, 0.6) is 5.75 Å². The molecule has 1 unspecified atom stereocenters. The van der Waals surface area contributed by atoms with Gasteiger partial charge in [0, 0.05) is 12.5 Å². The lowest BCUT2D eigenvalue weighted by atomic mass is 9.91. The minimum absolute atomic E-state index is 0.0819. The molecule has 0 aliphatic carbocycles. The zero-order valence-corrected chi connectivity index (χ0v) is 12.2. The summed E-state index contributed by atoms with van der Waals surface area (Å²) < 4.78 is 32.0. The molecule has 0 fully saturated rings. The van der Waals surface area contributed by atoms with Crippen LogP contribution in [-0.4, -0.2) is 20.7 Å². The molecule has 0 heterocycles. The van der Waals surface area contributed by atoms with E-state index in [2.05, 4.69) is 5.32 Å². The van der Waals surface area contributed by atoms with E-state index < -0.39 is 0 Å². The maximum Gasteiger partial charge on any atom is 0.165 e. The summed E-state index contributed by atoms with van der Waals surface area (Å²) in [6.07, 6.45) is 0.630. The Morgan fingerprint density at radius 1 is 1.14 bits per heavy atom. The first-order chi connectivity index (χ1) is 10.1. The summed E-state index contributed by atoms with van der Waals surface area (Å²) in [5.74, 6) is -0.319. The Hall–Kier alpha value is -1.94. The van der Waals surface area contributed by atoms with Gasteiger partial charge < -0.3 is 10.1 Å². The third-order valence-corrected chi connectivity index (χ3v) is 3.47. The van der Waals surface area contributed by atoms with Crippen molar-refractivity contribution in [3.05, 3.63) is 65.2 Å². The summed E-state index contributed by atoms with van der Waals surface area (Å²) in [6.45, 7) is 0.692. The molecule has 1 N–H and O–H groups in total. The molecule has 4 heteroatoms. The molecule has 2 aromatic rings. The third kappa shape index (κ3) is 4.02. The van der Waals surface area contributed by atoms with Crippen molar-refractivity contribution in [2.75, 3.05) is 20.7 Å². The average molecular weight is 291 g/mol. The number of hydrogen-bond acceptors (Lipinski definition) is 2. The highest BCUT2D eigenvalue weighted by Gasteiger charge is 2.14. The minimum atomic E-state index is -0.377. The topological polar surface area (TPSA) is 21.3 Å². The van der Waals surface area contributed by atoms with E-state index in [-0.39, 0.29) is 23.3 Å². The van der Waals surface area contributed by atoms with Crippen LogP contribution in [0.1, 0.15) is 17.0 Å². The van der Waals surface area contributed by atoms with E-state index in [4.69, 9.17) is 4.74 Å². The van der Waals surface area contributed by atoms with Gasteiger partial charge in [0.05, 0.1) is 7.11 Å². The van der Waals surface area contributed by atoms with Gasteiger partial charge in [0.15, 0.2) is 11.6 Å². The summed E-state index contributed by atoms with van der Waals surface area (Å²) in [6, 6.07) is 11.5. The molecule has 0 aliphatic rings. The van der Waals surface area contributed by atoms with Gasteiger partial charge in [-0.25, -0.2) is 8.78 Å². The predicted octanol–water partition coefficient (Wildman–Crippen LogP) is 3.52. The van der Waals surface area contributed by atoms with Gasteiger partial charge in [0.2, 0.25) is 0 Å². The maximum atomic E-state index is 13.8. The number of hydrogen-bond donors (Lipinski definition) is 1. The third-order valence-electron chi connectivity index (χ3n) is 3.47. The van der Waals surface area contributed by atoms with Crippen molar-refractivity contribution in [2.24, 2.45) is 0 Å².